The van der Waals surface area contributed by atoms with Gasteiger partial charge in [0.1, 0.15) is 5.75 Å². The molecule has 0 aliphatic carbocycles. The second-order valence-corrected chi connectivity index (χ2v) is 6.18. The summed E-state index contributed by atoms with van der Waals surface area (Å²) in [7, 11) is 0. The van der Waals surface area contributed by atoms with Crippen LogP contribution in [0.15, 0.2) is 79.1 Å². The number of aromatic nitrogens is 1. The second kappa shape index (κ2) is 10.1. The molecule has 3 aromatic rings. The first-order chi connectivity index (χ1) is 14.5. The topological polar surface area (TPSA) is 77.5 Å². The van der Waals surface area contributed by atoms with Crippen LogP contribution >= 0.6 is 0 Å². The highest BCUT2D eigenvalue weighted by atomic mass is 19.3. The number of ether oxygens (including phenoxy) is 2. The van der Waals surface area contributed by atoms with Gasteiger partial charge in [0.05, 0.1) is 11.6 Å². The number of nitrogens with zero attached hydrogens (tertiary/aromatic N) is 1. The minimum absolute atomic E-state index is 0.0114. The normalized spacial score (nSPS) is 11.6. The zero-order valence-corrected chi connectivity index (χ0v) is 15.7. The first kappa shape index (κ1) is 20.9. The number of pyridine rings is 1. The van der Waals surface area contributed by atoms with Gasteiger partial charge in [-0.3, -0.25) is 9.78 Å². The molecule has 1 aromatic heterocycles. The zero-order valence-electron chi connectivity index (χ0n) is 15.7. The van der Waals surface area contributed by atoms with Crippen molar-refractivity contribution in [2.45, 2.75) is 12.7 Å². The number of carbonyl (C=O) groups excluding carboxylic acids is 2. The number of halogens is 2. The van der Waals surface area contributed by atoms with Crippen LogP contribution in [0.1, 0.15) is 27.5 Å². The van der Waals surface area contributed by atoms with E-state index in [1.165, 1.54) is 30.6 Å². The van der Waals surface area contributed by atoms with Gasteiger partial charge < -0.3 is 14.8 Å². The number of alkyl halides is 2. The van der Waals surface area contributed by atoms with Crippen molar-refractivity contribution in [3.8, 4) is 5.75 Å². The molecular formula is C22H18F2N2O4. The SMILES string of the molecule is O=C(COC(=O)c1cccnc1)N[C@H](c1ccccc1)c1ccc(OC(F)F)cc1. The average Bonchev–Trinajstić information content (AvgIpc) is 2.77. The summed E-state index contributed by atoms with van der Waals surface area (Å²) in [6, 6.07) is 17.6. The van der Waals surface area contributed by atoms with Crippen molar-refractivity contribution in [3.05, 3.63) is 95.8 Å². The highest BCUT2D eigenvalue weighted by Crippen LogP contribution is 2.24. The van der Waals surface area contributed by atoms with Crippen molar-refractivity contribution < 1.29 is 27.8 Å². The van der Waals surface area contributed by atoms with Crippen LogP contribution in [0.4, 0.5) is 8.78 Å². The van der Waals surface area contributed by atoms with Gasteiger partial charge in [-0.25, -0.2) is 4.79 Å². The number of rotatable bonds is 8. The molecule has 3 rings (SSSR count). The highest BCUT2D eigenvalue weighted by molar-refractivity contribution is 5.91. The molecule has 1 heterocycles. The molecule has 0 aliphatic rings. The Kier molecular flexibility index (Phi) is 7.05. The van der Waals surface area contributed by atoms with Crippen LogP contribution in [-0.2, 0) is 9.53 Å². The van der Waals surface area contributed by atoms with Crippen LogP contribution in [0.3, 0.4) is 0 Å². The van der Waals surface area contributed by atoms with E-state index < -0.39 is 31.1 Å². The smallest absolute Gasteiger partial charge is 0.387 e. The maximum absolute atomic E-state index is 12.4. The van der Waals surface area contributed by atoms with Crippen molar-refractivity contribution in [1.29, 1.82) is 0 Å². The Morgan fingerprint density at radius 1 is 0.933 bits per heavy atom. The van der Waals surface area contributed by atoms with Crippen LogP contribution in [0.2, 0.25) is 0 Å². The Balaban J connectivity index is 1.70. The lowest BCUT2D eigenvalue weighted by Crippen LogP contribution is -2.33. The summed E-state index contributed by atoms with van der Waals surface area (Å²) in [5, 5.41) is 2.80. The zero-order chi connectivity index (χ0) is 21.3. The lowest BCUT2D eigenvalue weighted by Gasteiger charge is -2.20. The Bertz CT molecular complexity index is 967. The lowest BCUT2D eigenvalue weighted by atomic mass is 9.98. The molecule has 6 nitrogen and oxygen atoms in total. The summed E-state index contributed by atoms with van der Waals surface area (Å²) in [6.45, 7) is -3.40. The van der Waals surface area contributed by atoms with E-state index in [4.69, 9.17) is 4.74 Å². The van der Waals surface area contributed by atoms with E-state index in [0.717, 1.165) is 5.56 Å². The molecule has 0 saturated carbocycles. The molecule has 8 heteroatoms. The van der Waals surface area contributed by atoms with Gasteiger partial charge in [0.25, 0.3) is 5.91 Å². The molecular weight excluding hydrogens is 394 g/mol. The maximum atomic E-state index is 12.4. The van der Waals surface area contributed by atoms with E-state index in [1.807, 2.05) is 30.3 Å². The quantitative estimate of drug-likeness (QED) is 0.571. The Hall–Kier alpha value is -3.81. The van der Waals surface area contributed by atoms with E-state index >= 15 is 0 Å². The lowest BCUT2D eigenvalue weighted by molar-refractivity contribution is -0.124. The van der Waals surface area contributed by atoms with Gasteiger partial charge in [-0.2, -0.15) is 8.78 Å². The number of hydrogen-bond donors (Lipinski definition) is 1. The number of esters is 1. The molecule has 154 valence electrons. The molecule has 0 bridgehead atoms. The molecule has 0 fully saturated rings. The first-order valence-electron chi connectivity index (χ1n) is 8.99. The van der Waals surface area contributed by atoms with Crippen molar-refractivity contribution in [3.63, 3.8) is 0 Å². The number of nitrogens with one attached hydrogen (secondary N) is 1. The maximum Gasteiger partial charge on any atom is 0.387 e. The fourth-order valence-corrected chi connectivity index (χ4v) is 2.75. The fourth-order valence-electron chi connectivity index (χ4n) is 2.75. The molecule has 1 amide bonds. The van der Waals surface area contributed by atoms with Gasteiger partial charge in [-0.05, 0) is 35.4 Å². The van der Waals surface area contributed by atoms with Crippen LogP contribution in [-0.4, -0.2) is 30.1 Å². The minimum atomic E-state index is -2.92. The van der Waals surface area contributed by atoms with Gasteiger partial charge >= 0.3 is 12.6 Å². The van der Waals surface area contributed by atoms with Crippen molar-refractivity contribution in [2.24, 2.45) is 0 Å². The minimum Gasteiger partial charge on any atom is -0.452 e. The van der Waals surface area contributed by atoms with E-state index in [0.29, 0.717) is 5.56 Å². The number of hydrogen-bond acceptors (Lipinski definition) is 5. The molecule has 1 atom stereocenters. The van der Waals surface area contributed by atoms with E-state index in [2.05, 4.69) is 15.0 Å². The second-order valence-electron chi connectivity index (χ2n) is 6.18. The third-order valence-electron chi connectivity index (χ3n) is 4.11. The monoisotopic (exact) mass is 412 g/mol. The summed E-state index contributed by atoms with van der Waals surface area (Å²) in [5.41, 5.74) is 1.65. The van der Waals surface area contributed by atoms with Crippen LogP contribution in [0, 0.1) is 0 Å². The average molecular weight is 412 g/mol. The van der Waals surface area contributed by atoms with E-state index in [9.17, 15) is 18.4 Å². The summed E-state index contributed by atoms with van der Waals surface area (Å²) in [4.78, 5) is 28.2. The fraction of sp³-hybridized carbons (Fsp3) is 0.136. The van der Waals surface area contributed by atoms with Gasteiger partial charge in [0.2, 0.25) is 0 Å². The molecule has 0 unspecified atom stereocenters. The van der Waals surface area contributed by atoms with Gasteiger partial charge in [0, 0.05) is 12.4 Å². The highest BCUT2D eigenvalue weighted by Gasteiger charge is 2.18. The van der Waals surface area contributed by atoms with E-state index in [-0.39, 0.29) is 11.3 Å². The third-order valence-corrected chi connectivity index (χ3v) is 4.11. The predicted molar refractivity (Wildman–Crippen MR) is 104 cm³/mol. The van der Waals surface area contributed by atoms with Gasteiger partial charge in [-0.15, -0.1) is 0 Å². The Labute approximate surface area is 171 Å². The van der Waals surface area contributed by atoms with Crippen molar-refractivity contribution in [2.75, 3.05) is 6.61 Å². The van der Waals surface area contributed by atoms with E-state index in [1.54, 1.807) is 18.2 Å². The van der Waals surface area contributed by atoms with Crippen LogP contribution in [0.5, 0.6) is 5.75 Å². The van der Waals surface area contributed by atoms with Gasteiger partial charge in [-0.1, -0.05) is 42.5 Å². The summed E-state index contributed by atoms with van der Waals surface area (Å²) in [5.74, 6) is -1.17. The standard InChI is InChI=1S/C22H18F2N2O4/c23-22(24)30-18-10-8-16(9-11-18)20(15-5-2-1-3-6-15)26-19(27)14-29-21(28)17-7-4-12-25-13-17/h1-13,20,22H,14H2,(H,26,27)/t20-/m1/s1. The molecule has 2 aromatic carbocycles. The van der Waals surface area contributed by atoms with Gasteiger partial charge in [0.15, 0.2) is 6.61 Å². The molecule has 1 N–H and O–H groups in total. The number of benzene rings is 2. The summed E-state index contributed by atoms with van der Waals surface area (Å²) < 4.78 is 34.1. The Morgan fingerprint density at radius 2 is 1.63 bits per heavy atom. The molecule has 30 heavy (non-hydrogen) atoms. The largest absolute Gasteiger partial charge is 0.452 e. The number of carbonyl (C=O) groups is 2. The molecule has 0 spiro atoms. The third kappa shape index (κ3) is 5.84. The summed E-state index contributed by atoms with van der Waals surface area (Å²) in [6.07, 6.45) is 2.86. The van der Waals surface area contributed by atoms with Crippen LogP contribution < -0.4 is 10.1 Å². The first-order valence-corrected chi connectivity index (χ1v) is 8.99. The van der Waals surface area contributed by atoms with Crippen LogP contribution in [0.25, 0.3) is 0 Å². The Morgan fingerprint density at radius 3 is 2.27 bits per heavy atom. The van der Waals surface area contributed by atoms with Crippen molar-refractivity contribution in [1.82, 2.24) is 10.3 Å². The molecule has 0 aliphatic heterocycles. The molecule has 0 radical (unpaired) electrons. The van der Waals surface area contributed by atoms with Crippen molar-refractivity contribution >= 4 is 11.9 Å². The predicted octanol–water partition coefficient (Wildman–Crippen LogP) is 3.75. The number of amides is 1. The molecule has 0 saturated heterocycles. The summed E-state index contributed by atoms with van der Waals surface area (Å²) >= 11 is 0.